The molecular weight excluding hydrogens is 626 g/mol. The SMILES string of the molecule is CC[C@@H](C)NC(=O)[C@H](Cc1ccccc1)N(Cc1ccc(Br)cc1)C(=O)CCCN(c1ccc(Cl)cc1)S(C)(=O)=O. The highest BCUT2D eigenvalue weighted by Gasteiger charge is 2.31. The first-order valence-electron chi connectivity index (χ1n) is 13.6. The zero-order chi connectivity index (χ0) is 30.0. The minimum absolute atomic E-state index is 0.0481. The molecule has 2 atom stereocenters. The second-order valence-corrected chi connectivity index (χ2v) is 13.3. The van der Waals surface area contributed by atoms with Crippen molar-refractivity contribution < 1.29 is 18.0 Å². The van der Waals surface area contributed by atoms with Gasteiger partial charge in [0, 0.05) is 41.5 Å². The van der Waals surface area contributed by atoms with E-state index in [1.165, 1.54) is 4.31 Å². The number of hydrogen-bond acceptors (Lipinski definition) is 4. The van der Waals surface area contributed by atoms with Crippen molar-refractivity contribution in [3.8, 4) is 0 Å². The lowest BCUT2D eigenvalue weighted by molar-refractivity contribution is -0.141. The fourth-order valence-electron chi connectivity index (χ4n) is 4.39. The Morgan fingerprint density at radius 1 is 0.951 bits per heavy atom. The van der Waals surface area contributed by atoms with Crippen LogP contribution in [0.1, 0.15) is 44.2 Å². The third kappa shape index (κ3) is 10.2. The molecule has 0 saturated heterocycles. The molecule has 0 spiro atoms. The second-order valence-electron chi connectivity index (χ2n) is 10.1. The van der Waals surface area contributed by atoms with Crippen LogP contribution >= 0.6 is 27.5 Å². The van der Waals surface area contributed by atoms with Crippen LogP contribution in [-0.2, 0) is 32.6 Å². The van der Waals surface area contributed by atoms with Gasteiger partial charge in [-0.05, 0) is 67.3 Å². The minimum atomic E-state index is -3.59. The van der Waals surface area contributed by atoms with Gasteiger partial charge in [-0.3, -0.25) is 13.9 Å². The summed E-state index contributed by atoms with van der Waals surface area (Å²) in [7, 11) is -3.59. The maximum absolute atomic E-state index is 13.9. The van der Waals surface area contributed by atoms with Crippen LogP contribution in [0.25, 0.3) is 0 Å². The molecule has 0 aliphatic heterocycles. The number of amides is 2. The second kappa shape index (κ2) is 15.4. The lowest BCUT2D eigenvalue weighted by atomic mass is 10.0. The van der Waals surface area contributed by atoms with Crippen molar-refractivity contribution in [2.45, 2.75) is 58.2 Å². The Morgan fingerprint density at radius 2 is 1.59 bits per heavy atom. The Balaban J connectivity index is 1.88. The van der Waals surface area contributed by atoms with Crippen LogP contribution in [0, 0.1) is 0 Å². The monoisotopic (exact) mass is 661 g/mol. The lowest BCUT2D eigenvalue weighted by Crippen LogP contribution is -2.52. The van der Waals surface area contributed by atoms with E-state index >= 15 is 0 Å². The van der Waals surface area contributed by atoms with Crippen LogP contribution in [0.5, 0.6) is 0 Å². The van der Waals surface area contributed by atoms with Crippen molar-refractivity contribution in [2.24, 2.45) is 0 Å². The number of benzene rings is 3. The van der Waals surface area contributed by atoms with Crippen molar-refractivity contribution in [3.63, 3.8) is 0 Å². The zero-order valence-electron chi connectivity index (χ0n) is 23.6. The lowest BCUT2D eigenvalue weighted by Gasteiger charge is -2.32. The number of carbonyl (C=O) groups is 2. The molecule has 0 saturated carbocycles. The Kier molecular flexibility index (Phi) is 12.2. The number of nitrogens with one attached hydrogen (secondary N) is 1. The summed E-state index contributed by atoms with van der Waals surface area (Å²) in [5, 5.41) is 3.56. The molecule has 3 rings (SSSR count). The Labute approximate surface area is 257 Å². The molecule has 3 aromatic rings. The molecule has 0 unspecified atom stereocenters. The molecule has 2 amide bonds. The Morgan fingerprint density at radius 3 is 2.17 bits per heavy atom. The normalized spacial score (nSPS) is 12.8. The maximum Gasteiger partial charge on any atom is 0.243 e. The van der Waals surface area contributed by atoms with E-state index in [9.17, 15) is 18.0 Å². The average molecular weight is 663 g/mol. The first kappa shape index (κ1) is 32.6. The van der Waals surface area contributed by atoms with E-state index in [1.807, 2.05) is 68.4 Å². The van der Waals surface area contributed by atoms with Crippen LogP contribution in [0.4, 0.5) is 5.69 Å². The number of carbonyl (C=O) groups excluding carboxylic acids is 2. The van der Waals surface area contributed by atoms with Gasteiger partial charge in [0.1, 0.15) is 6.04 Å². The van der Waals surface area contributed by atoms with Crippen LogP contribution in [0.3, 0.4) is 0 Å². The summed E-state index contributed by atoms with van der Waals surface area (Å²) in [5.74, 6) is -0.440. The van der Waals surface area contributed by atoms with Gasteiger partial charge < -0.3 is 10.2 Å². The van der Waals surface area contributed by atoms with Gasteiger partial charge in [0.05, 0.1) is 11.9 Å². The van der Waals surface area contributed by atoms with Crippen LogP contribution in [0.15, 0.2) is 83.3 Å². The molecule has 0 bridgehead atoms. The highest BCUT2D eigenvalue weighted by Crippen LogP contribution is 2.22. The van der Waals surface area contributed by atoms with E-state index < -0.39 is 16.1 Å². The predicted molar refractivity (Wildman–Crippen MR) is 169 cm³/mol. The van der Waals surface area contributed by atoms with Gasteiger partial charge in [-0.2, -0.15) is 0 Å². The topological polar surface area (TPSA) is 86.8 Å². The number of anilines is 1. The van der Waals surface area contributed by atoms with Crippen LogP contribution < -0.4 is 9.62 Å². The molecular formula is C31H37BrClN3O4S. The number of sulfonamides is 1. The van der Waals surface area contributed by atoms with E-state index in [2.05, 4.69) is 21.2 Å². The molecule has 41 heavy (non-hydrogen) atoms. The summed E-state index contributed by atoms with van der Waals surface area (Å²) in [6, 6.07) is 23.0. The van der Waals surface area contributed by atoms with Gasteiger partial charge in [0.2, 0.25) is 21.8 Å². The van der Waals surface area contributed by atoms with Gasteiger partial charge in [-0.15, -0.1) is 0 Å². The summed E-state index contributed by atoms with van der Waals surface area (Å²) in [5.41, 5.74) is 2.30. The van der Waals surface area contributed by atoms with E-state index in [-0.39, 0.29) is 43.8 Å². The number of nitrogens with zero attached hydrogens (tertiary/aromatic N) is 2. The fourth-order valence-corrected chi connectivity index (χ4v) is 5.75. The molecule has 0 aliphatic carbocycles. The zero-order valence-corrected chi connectivity index (χ0v) is 26.8. The van der Waals surface area contributed by atoms with E-state index in [4.69, 9.17) is 11.6 Å². The molecule has 1 N–H and O–H groups in total. The van der Waals surface area contributed by atoms with Crippen molar-refractivity contribution in [1.82, 2.24) is 10.2 Å². The van der Waals surface area contributed by atoms with Gasteiger partial charge in [-0.25, -0.2) is 8.42 Å². The summed E-state index contributed by atoms with van der Waals surface area (Å²) in [4.78, 5) is 29.1. The van der Waals surface area contributed by atoms with Crippen LogP contribution in [0.2, 0.25) is 5.02 Å². The first-order valence-corrected chi connectivity index (χ1v) is 16.6. The highest BCUT2D eigenvalue weighted by molar-refractivity contribution is 9.10. The number of hydrogen-bond donors (Lipinski definition) is 1. The Bertz CT molecular complexity index is 1390. The van der Waals surface area contributed by atoms with Crippen molar-refractivity contribution in [3.05, 3.63) is 99.5 Å². The summed E-state index contributed by atoms with van der Waals surface area (Å²) in [6.07, 6.45) is 2.59. The van der Waals surface area contributed by atoms with Crippen molar-refractivity contribution >= 4 is 55.1 Å². The van der Waals surface area contributed by atoms with Crippen LogP contribution in [-0.4, -0.2) is 50.0 Å². The maximum atomic E-state index is 13.9. The standard InChI is InChI=1S/C31H37BrClN3O4S/c1-4-23(2)34-31(38)29(21-24-9-6-5-7-10-24)35(22-25-12-14-26(32)15-13-25)30(37)11-8-20-36(41(3,39)40)28-18-16-27(33)17-19-28/h5-7,9-10,12-19,23,29H,4,8,11,20-22H2,1-3H3,(H,34,38)/t23-,29+/m1/s1. The minimum Gasteiger partial charge on any atom is -0.352 e. The summed E-state index contributed by atoms with van der Waals surface area (Å²) >= 11 is 9.44. The van der Waals surface area contributed by atoms with Gasteiger partial charge in [-0.1, -0.05) is 76.9 Å². The van der Waals surface area contributed by atoms with Gasteiger partial charge in [0.25, 0.3) is 0 Å². The number of rotatable bonds is 14. The third-order valence-corrected chi connectivity index (χ3v) is 8.78. The highest BCUT2D eigenvalue weighted by atomic mass is 79.9. The quantitative estimate of drug-likeness (QED) is 0.223. The fraction of sp³-hybridized carbons (Fsp3) is 0.355. The molecule has 0 aliphatic rings. The summed E-state index contributed by atoms with van der Waals surface area (Å²) < 4.78 is 27.3. The third-order valence-electron chi connectivity index (χ3n) is 6.81. The number of halogens is 2. The van der Waals surface area contributed by atoms with E-state index in [1.54, 1.807) is 29.2 Å². The molecule has 7 nitrogen and oxygen atoms in total. The average Bonchev–Trinajstić information content (AvgIpc) is 2.94. The van der Waals surface area contributed by atoms with E-state index in [0.717, 1.165) is 28.3 Å². The molecule has 0 radical (unpaired) electrons. The molecule has 0 fully saturated rings. The van der Waals surface area contributed by atoms with Gasteiger partial charge >= 0.3 is 0 Å². The summed E-state index contributed by atoms with van der Waals surface area (Å²) in [6.45, 7) is 4.29. The molecule has 220 valence electrons. The molecule has 0 heterocycles. The van der Waals surface area contributed by atoms with Crippen molar-refractivity contribution in [1.29, 1.82) is 0 Å². The first-order chi connectivity index (χ1) is 19.5. The van der Waals surface area contributed by atoms with Gasteiger partial charge in [0.15, 0.2) is 0 Å². The largest absolute Gasteiger partial charge is 0.352 e. The molecule has 0 aromatic heterocycles. The van der Waals surface area contributed by atoms with E-state index in [0.29, 0.717) is 17.1 Å². The van der Waals surface area contributed by atoms with Crippen molar-refractivity contribution in [2.75, 3.05) is 17.1 Å². The predicted octanol–water partition coefficient (Wildman–Crippen LogP) is 6.20. The smallest absolute Gasteiger partial charge is 0.243 e. The Hall–Kier alpha value is -2.88. The molecule has 10 heteroatoms. The molecule has 3 aromatic carbocycles.